The molecule has 2 aliphatic heterocycles. The molecule has 0 unspecified atom stereocenters. The first-order valence-corrected chi connectivity index (χ1v) is 17.0. The number of halogens is 3. The van der Waals surface area contributed by atoms with Gasteiger partial charge in [-0.2, -0.15) is 17.5 Å². The van der Waals surface area contributed by atoms with Gasteiger partial charge in [0, 0.05) is 55.9 Å². The summed E-state index contributed by atoms with van der Waals surface area (Å²) in [6.07, 6.45) is -3.81. The molecule has 2 aromatic rings. The first kappa shape index (κ1) is 33.0. The zero-order valence-corrected chi connectivity index (χ0v) is 25.7. The van der Waals surface area contributed by atoms with Crippen LogP contribution in [0.1, 0.15) is 12.5 Å². The van der Waals surface area contributed by atoms with Gasteiger partial charge in [-0.25, -0.2) is 21.6 Å². The fourth-order valence-electron chi connectivity index (χ4n) is 5.13. The Morgan fingerprint density at radius 2 is 1.69 bits per heavy atom. The van der Waals surface area contributed by atoms with E-state index >= 15 is 0 Å². The van der Waals surface area contributed by atoms with Gasteiger partial charge in [0.1, 0.15) is 0 Å². The van der Waals surface area contributed by atoms with Crippen LogP contribution in [0.15, 0.2) is 58.3 Å². The Morgan fingerprint density at radius 3 is 2.31 bits per heavy atom. The third-order valence-electron chi connectivity index (χ3n) is 7.62. The highest BCUT2D eigenvalue weighted by Crippen LogP contribution is 2.39. The summed E-state index contributed by atoms with van der Waals surface area (Å²) in [7, 11) is -7.38. The number of nitrogens with one attached hydrogen (secondary N) is 1. The quantitative estimate of drug-likeness (QED) is 0.352. The van der Waals surface area contributed by atoms with E-state index in [0.29, 0.717) is 37.2 Å². The molecule has 10 nitrogen and oxygen atoms in total. The first-order valence-electron chi connectivity index (χ1n) is 13.2. The van der Waals surface area contributed by atoms with E-state index in [4.69, 9.17) is 4.74 Å². The van der Waals surface area contributed by atoms with Crippen LogP contribution in [-0.2, 0) is 30.4 Å². The molecule has 2 saturated heterocycles. The number of rotatable bonds is 9. The zero-order chi connectivity index (χ0) is 30.9. The number of alkyl halides is 3. The van der Waals surface area contributed by atoms with Crippen LogP contribution in [0.3, 0.4) is 0 Å². The standard InChI is InChI=1S/C26H35F3N4O6S3/c1-25(34,26(27,28)29)19-7-9-20(10-8-19)33-12-11-32(42(37,38)24-6-4-3-5-23(24)40)17-22(33)16-31-13-14-39-18-21(31)15-30-41(2,35)36/h3-10,21-22,30,34,40H,11-18H2,1-2H3/t21-,22+,25-/m1/s1. The van der Waals surface area contributed by atoms with Crippen LogP contribution in [-0.4, -0.2) is 108 Å². The Labute approximate surface area is 249 Å². The van der Waals surface area contributed by atoms with Gasteiger partial charge in [0.25, 0.3) is 0 Å². The number of hydrogen-bond donors (Lipinski definition) is 3. The molecule has 0 aromatic heterocycles. The zero-order valence-electron chi connectivity index (χ0n) is 23.2. The topological polar surface area (TPSA) is 119 Å². The van der Waals surface area contributed by atoms with Crippen LogP contribution >= 0.6 is 12.6 Å². The van der Waals surface area contributed by atoms with Gasteiger partial charge in [0.15, 0.2) is 5.60 Å². The third kappa shape index (κ3) is 7.41. The monoisotopic (exact) mass is 652 g/mol. The van der Waals surface area contributed by atoms with Gasteiger partial charge in [-0.15, -0.1) is 12.6 Å². The molecule has 4 rings (SSSR count). The molecule has 2 fully saturated rings. The Kier molecular flexibility index (Phi) is 9.89. The second-order valence-corrected chi connectivity index (χ2v) is 14.9. The number of nitrogens with zero attached hydrogens (tertiary/aromatic N) is 3. The van der Waals surface area contributed by atoms with Crippen molar-refractivity contribution in [1.82, 2.24) is 13.9 Å². The van der Waals surface area contributed by atoms with Crippen molar-refractivity contribution < 1.29 is 39.9 Å². The molecular weight excluding hydrogens is 618 g/mol. The SMILES string of the molecule is C[C@@](O)(c1ccc(N2CCN(S(=O)(=O)c3ccccc3S)C[C@@H]2CN2CCOC[C@H]2CNS(C)(=O)=O)cc1)C(F)(F)F. The number of piperazine rings is 1. The first-order chi connectivity index (χ1) is 19.5. The van der Waals surface area contributed by atoms with Crippen molar-refractivity contribution in [2.45, 2.75) is 40.6 Å². The molecule has 0 spiro atoms. The number of thiol groups is 1. The molecule has 234 valence electrons. The minimum Gasteiger partial charge on any atom is -0.378 e. The lowest BCUT2D eigenvalue weighted by Gasteiger charge is -2.46. The minimum atomic E-state index is -4.87. The van der Waals surface area contributed by atoms with Gasteiger partial charge >= 0.3 is 6.18 Å². The van der Waals surface area contributed by atoms with Gasteiger partial charge in [0.2, 0.25) is 20.0 Å². The van der Waals surface area contributed by atoms with Gasteiger partial charge in [-0.1, -0.05) is 24.3 Å². The van der Waals surface area contributed by atoms with Crippen molar-refractivity contribution >= 4 is 38.4 Å². The average Bonchev–Trinajstić information content (AvgIpc) is 2.92. The Bertz CT molecular complexity index is 1460. The number of aliphatic hydroxyl groups is 1. The summed E-state index contributed by atoms with van der Waals surface area (Å²) in [4.78, 5) is 4.34. The van der Waals surface area contributed by atoms with Crippen molar-refractivity contribution in [2.75, 3.05) is 63.6 Å². The van der Waals surface area contributed by atoms with E-state index in [0.717, 1.165) is 6.26 Å². The molecule has 2 N–H and O–H groups in total. The van der Waals surface area contributed by atoms with Gasteiger partial charge in [-0.05, 0) is 36.8 Å². The van der Waals surface area contributed by atoms with E-state index < -0.39 is 37.9 Å². The van der Waals surface area contributed by atoms with E-state index in [2.05, 4.69) is 17.4 Å². The van der Waals surface area contributed by atoms with Gasteiger partial charge < -0.3 is 14.7 Å². The second-order valence-electron chi connectivity index (χ2n) is 10.6. The Morgan fingerprint density at radius 1 is 1.02 bits per heavy atom. The van der Waals surface area contributed by atoms with Crippen molar-refractivity contribution in [3.8, 4) is 0 Å². The fraction of sp³-hybridized carbons (Fsp3) is 0.538. The van der Waals surface area contributed by atoms with Crippen molar-refractivity contribution in [3.63, 3.8) is 0 Å². The predicted molar refractivity (Wildman–Crippen MR) is 155 cm³/mol. The van der Waals surface area contributed by atoms with E-state index in [-0.39, 0.29) is 49.3 Å². The highest BCUT2D eigenvalue weighted by atomic mass is 32.2. The van der Waals surface area contributed by atoms with Crippen LogP contribution in [0.2, 0.25) is 0 Å². The number of ether oxygens (including phenoxy) is 1. The maximum atomic E-state index is 13.6. The van der Waals surface area contributed by atoms with Crippen molar-refractivity contribution in [2.24, 2.45) is 0 Å². The van der Waals surface area contributed by atoms with Crippen LogP contribution in [0, 0.1) is 0 Å². The molecule has 16 heteroatoms. The van der Waals surface area contributed by atoms with E-state index in [9.17, 15) is 35.1 Å². The van der Waals surface area contributed by atoms with E-state index in [1.54, 1.807) is 18.2 Å². The lowest BCUT2D eigenvalue weighted by Crippen LogP contribution is -2.61. The fourth-order valence-corrected chi connectivity index (χ4v) is 7.69. The lowest BCUT2D eigenvalue weighted by molar-refractivity contribution is -0.258. The molecule has 2 aromatic carbocycles. The highest BCUT2D eigenvalue weighted by molar-refractivity contribution is 7.90. The summed E-state index contributed by atoms with van der Waals surface area (Å²) >= 11 is 4.33. The summed E-state index contributed by atoms with van der Waals surface area (Å²) in [5.74, 6) is 0. The molecule has 0 bridgehead atoms. The summed E-state index contributed by atoms with van der Waals surface area (Å²) in [5, 5.41) is 10.1. The van der Waals surface area contributed by atoms with Gasteiger partial charge in [0.05, 0.1) is 30.4 Å². The second kappa shape index (κ2) is 12.6. The molecule has 3 atom stereocenters. The van der Waals surface area contributed by atoms with Crippen LogP contribution in [0.4, 0.5) is 18.9 Å². The lowest BCUT2D eigenvalue weighted by atomic mass is 9.95. The third-order valence-corrected chi connectivity index (χ3v) is 10.8. The number of anilines is 1. The maximum absolute atomic E-state index is 13.6. The average molecular weight is 653 g/mol. The summed E-state index contributed by atoms with van der Waals surface area (Å²) in [6.45, 7) is 2.68. The molecule has 0 saturated carbocycles. The summed E-state index contributed by atoms with van der Waals surface area (Å²) in [6, 6.07) is 11.0. The smallest absolute Gasteiger partial charge is 0.378 e. The summed E-state index contributed by atoms with van der Waals surface area (Å²) in [5.41, 5.74) is -2.79. The number of sulfonamides is 2. The number of hydrogen-bond acceptors (Lipinski definition) is 9. The van der Waals surface area contributed by atoms with Crippen LogP contribution < -0.4 is 9.62 Å². The van der Waals surface area contributed by atoms with E-state index in [1.807, 2.05) is 9.80 Å². The molecule has 0 radical (unpaired) electrons. The van der Waals surface area contributed by atoms with Crippen molar-refractivity contribution in [1.29, 1.82) is 0 Å². The largest absolute Gasteiger partial charge is 0.421 e. The molecule has 0 amide bonds. The van der Waals surface area contributed by atoms with Gasteiger partial charge in [-0.3, -0.25) is 4.90 Å². The summed E-state index contributed by atoms with van der Waals surface area (Å²) < 4.78 is 100. The molecule has 42 heavy (non-hydrogen) atoms. The Balaban J connectivity index is 1.64. The van der Waals surface area contributed by atoms with Crippen molar-refractivity contribution in [3.05, 3.63) is 54.1 Å². The predicted octanol–water partition coefficient (Wildman–Crippen LogP) is 1.87. The number of benzene rings is 2. The van der Waals surface area contributed by atoms with Crippen LogP contribution in [0.5, 0.6) is 0 Å². The molecular formula is C26H35F3N4O6S3. The Hall–Kier alpha value is -1.92. The molecule has 2 aliphatic rings. The maximum Gasteiger partial charge on any atom is 0.421 e. The number of morpholine rings is 1. The minimum absolute atomic E-state index is 0.0655. The van der Waals surface area contributed by atoms with Crippen LogP contribution in [0.25, 0.3) is 0 Å². The van der Waals surface area contributed by atoms with E-state index in [1.165, 1.54) is 34.6 Å². The highest BCUT2D eigenvalue weighted by Gasteiger charge is 2.51. The molecule has 0 aliphatic carbocycles. The molecule has 2 heterocycles. The normalized spacial score (nSPS) is 23.1.